The minimum Gasteiger partial charge on any atom is -0.456 e. The summed E-state index contributed by atoms with van der Waals surface area (Å²) in [5.41, 5.74) is 28.0. The number of oxazole rings is 3. The minimum atomic E-state index is 0.620. The summed E-state index contributed by atoms with van der Waals surface area (Å²) >= 11 is 1.85. The molecule has 0 saturated carbocycles. The van der Waals surface area contributed by atoms with Crippen LogP contribution in [-0.4, -0.2) is 15.0 Å². The van der Waals surface area contributed by atoms with Crippen molar-refractivity contribution < 1.29 is 22.1 Å². The van der Waals surface area contributed by atoms with Crippen molar-refractivity contribution in [3.63, 3.8) is 0 Å². The summed E-state index contributed by atoms with van der Waals surface area (Å²) in [6.07, 6.45) is 0. The number of para-hydroxylation sites is 2. The Balaban J connectivity index is 0.000000107. The molecule has 30 rings (SSSR count). The Bertz CT molecular complexity index is 10300. The second kappa shape index (κ2) is 35.9. The highest BCUT2D eigenvalue weighted by Gasteiger charge is 2.27. The van der Waals surface area contributed by atoms with Crippen LogP contribution in [0.15, 0.2) is 532 Å². The molecule has 0 amide bonds. The zero-order chi connectivity index (χ0) is 96.9. The molecule has 11 nitrogen and oxygen atoms in total. The van der Waals surface area contributed by atoms with Gasteiger partial charge < -0.3 is 36.8 Å². The second-order valence-electron chi connectivity index (χ2n) is 37.1. The van der Waals surface area contributed by atoms with Gasteiger partial charge in [0.05, 0.1) is 21.5 Å². The number of hydrogen-bond acceptors (Lipinski definition) is 12. The molecular formula is C135H84N6O5S. The number of aromatic nitrogens is 3. The van der Waals surface area contributed by atoms with Crippen LogP contribution >= 0.6 is 11.3 Å². The fourth-order valence-corrected chi connectivity index (χ4v) is 22.6. The zero-order valence-electron chi connectivity index (χ0n) is 79.1. The van der Waals surface area contributed by atoms with Gasteiger partial charge in [-0.05, 0) is 264 Å². The summed E-state index contributed by atoms with van der Waals surface area (Å²) in [4.78, 5) is 21.8. The van der Waals surface area contributed by atoms with E-state index in [0.29, 0.717) is 17.7 Å². The number of thiophene rings is 1. The van der Waals surface area contributed by atoms with Gasteiger partial charge >= 0.3 is 0 Å². The third-order valence-corrected chi connectivity index (χ3v) is 29.6. The minimum absolute atomic E-state index is 0.620. The summed E-state index contributed by atoms with van der Waals surface area (Å²) in [7, 11) is 0. The monoisotopic (exact) mass is 1900 g/mol. The Morgan fingerprint density at radius 3 is 0.912 bits per heavy atom. The number of rotatable bonds is 15. The maximum absolute atomic E-state index is 6.57. The Hall–Kier alpha value is -19.5. The van der Waals surface area contributed by atoms with Crippen LogP contribution in [0, 0.1) is 0 Å². The summed E-state index contributed by atoms with van der Waals surface area (Å²) in [6, 6.07) is 179. The Kier molecular flexibility index (Phi) is 20.9. The molecule has 0 aliphatic heterocycles. The summed E-state index contributed by atoms with van der Waals surface area (Å²) in [5, 5.41) is 20.2. The van der Waals surface area contributed by atoms with E-state index in [2.05, 4.69) is 385 Å². The van der Waals surface area contributed by atoms with Crippen molar-refractivity contribution in [3.8, 4) is 67.7 Å². The van der Waals surface area contributed by atoms with Crippen molar-refractivity contribution in [2.24, 2.45) is 0 Å². The molecule has 0 aliphatic carbocycles. The van der Waals surface area contributed by atoms with Crippen molar-refractivity contribution in [2.75, 3.05) is 14.7 Å². The fourth-order valence-electron chi connectivity index (χ4n) is 21.4. The molecular weight excluding hydrogens is 1820 g/mol. The number of nitrogens with zero attached hydrogens (tertiary/aromatic N) is 6. The molecule has 0 atom stereocenters. The first-order valence-electron chi connectivity index (χ1n) is 49.4. The maximum Gasteiger partial charge on any atom is 0.227 e. The molecule has 0 saturated heterocycles. The molecule has 0 fully saturated rings. The predicted octanol–water partition coefficient (Wildman–Crippen LogP) is 39.0. The van der Waals surface area contributed by atoms with Gasteiger partial charge in [-0.15, -0.1) is 11.3 Å². The van der Waals surface area contributed by atoms with Crippen LogP contribution in [0.2, 0.25) is 0 Å². The third-order valence-electron chi connectivity index (χ3n) is 28.4. The molecule has 0 N–H and O–H groups in total. The molecule has 6 heterocycles. The van der Waals surface area contributed by atoms with E-state index in [1.807, 2.05) is 151 Å². The van der Waals surface area contributed by atoms with Crippen molar-refractivity contribution >= 4 is 225 Å². The molecule has 0 radical (unpaired) electrons. The molecule has 0 bridgehead atoms. The highest BCUT2D eigenvalue weighted by Crippen LogP contribution is 2.51. The average Bonchev–Trinajstić information content (AvgIpc) is 1.60. The van der Waals surface area contributed by atoms with Gasteiger partial charge in [0, 0.05) is 104 Å². The lowest BCUT2D eigenvalue weighted by Crippen LogP contribution is -2.10. The predicted molar refractivity (Wildman–Crippen MR) is 611 cm³/mol. The van der Waals surface area contributed by atoms with Crippen LogP contribution in [-0.2, 0) is 0 Å². The number of anilines is 9. The molecule has 30 aromatic rings. The van der Waals surface area contributed by atoms with E-state index in [9.17, 15) is 0 Å². The van der Waals surface area contributed by atoms with Gasteiger partial charge in [-0.2, -0.15) is 0 Å². The molecule has 0 spiro atoms. The quantitative estimate of drug-likeness (QED) is 0.0914. The average molecular weight is 1900 g/mol. The van der Waals surface area contributed by atoms with Gasteiger partial charge in [-0.1, -0.05) is 328 Å². The van der Waals surface area contributed by atoms with Crippen molar-refractivity contribution in [3.05, 3.63) is 510 Å². The maximum atomic E-state index is 6.57. The number of fused-ring (bicyclic) bond motifs is 24. The summed E-state index contributed by atoms with van der Waals surface area (Å²) < 4.78 is 34.8. The summed E-state index contributed by atoms with van der Waals surface area (Å²) in [5.74, 6) is 1.87. The molecule has 147 heavy (non-hydrogen) atoms. The highest BCUT2D eigenvalue weighted by atomic mass is 32.1. The Morgan fingerprint density at radius 1 is 0.170 bits per heavy atom. The van der Waals surface area contributed by atoms with Crippen molar-refractivity contribution in [1.82, 2.24) is 15.0 Å². The fraction of sp³-hybridized carbons (Fsp3) is 0. The topological polar surface area (TPSA) is 114 Å². The summed E-state index contributed by atoms with van der Waals surface area (Å²) in [6.45, 7) is 0. The van der Waals surface area contributed by atoms with Crippen LogP contribution in [0.25, 0.3) is 230 Å². The van der Waals surface area contributed by atoms with Crippen LogP contribution in [0.5, 0.6) is 0 Å². The van der Waals surface area contributed by atoms with E-state index in [1.165, 1.54) is 53.6 Å². The Morgan fingerprint density at radius 2 is 0.463 bits per heavy atom. The van der Waals surface area contributed by atoms with Gasteiger partial charge in [0.2, 0.25) is 17.7 Å². The second-order valence-corrected chi connectivity index (χ2v) is 38.2. The molecule has 24 aromatic carbocycles. The van der Waals surface area contributed by atoms with E-state index >= 15 is 0 Å². The largest absolute Gasteiger partial charge is 0.456 e. The van der Waals surface area contributed by atoms with Crippen LogP contribution in [0.1, 0.15) is 0 Å². The molecule has 12 heteroatoms. The first kappa shape index (κ1) is 85.4. The SMILES string of the molecule is c1ccc(-c2ccc(N(c3ccc4ccc5ccc6nc(-c7ccccc7)oc6c5c4c3)c3cccc4c3sc3ccccc34)cc2)cc1.c1ccc(-c2ccc(N(c3ccc4ccc5ccc6nc(-c7ccccc7)oc6c5c4c3)c3cccc4oc5ccccc5c34)cc2)cc1.c1ccc(-c2ccc(N(c3ccc4oc5ccccc5c4c3)c3ccc4ccc5ccc6nc(-c7ccccc7)oc6c5c4c3)cc2)cc1. The van der Waals surface area contributed by atoms with Crippen LogP contribution in [0.4, 0.5) is 51.2 Å². The van der Waals surface area contributed by atoms with E-state index in [4.69, 9.17) is 37.0 Å². The molecule has 6 aromatic heterocycles. The Labute approximate surface area is 847 Å². The smallest absolute Gasteiger partial charge is 0.227 e. The van der Waals surface area contributed by atoms with Gasteiger partial charge in [-0.25, -0.2) is 15.0 Å². The third kappa shape index (κ3) is 15.3. The van der Waals surface area contributed by atoms with Crippen LogP contribution in [0.3, 0.4) is 0 Å². The van der Waals surface area contributed by atoms with Gasteiger partial charge in [0.1, 0.15) is 38.9 Å². The number of hydrogen-bond donors (Lipinski definition) is 0. The zero-order valence-corrected chi connectivity index (χ0v) is 79.9. The van der Waals surface area contributed by atoms with Gasteiger partial charge in [0.15, 0.2) is 16.7 Å². The normalized spacial score (nSPS) is 11.7. The van der Waals surface area contributed by atoms with E-state index in [-0.39, 0.29) is 0 Å². The van der Waals surface area contributed by atoms with Crippen molar-refractivity contribution in [1.29, 1.82) is 0 Å². The first-order chi connectivity index (χ1) is 72.8. The lowest BCUT2D eigenvalue weighted by molar-refractivity contribution is 0.623. The molecule has 0 unspecified atom stereocenters. The highest BCUT2D eigenvalue weighted by molar-refractivity contribution is 7.26. The van der Waals surface area contributed by atoms with Gasteiger partial charge in [0.25, 0.3) is 0 Å². The lowest BCUT2D eigenvalue weighted by Gasteiger charge is -2.27. The van der Waals surface area contributed by atoms with E-state index < -0.39 is 0 Å². The van der Waals surface area contributed by atoms with Gasteiger partial charge in [-0.3, -0.25) is 0 Å². The van der Waals surface area contributed by atoms with E-state index in [1.54, 1.807) is 0 Å². The standard InChI is InChI=1S/2C45H28N2O2.C45H28N2OS/c1-3-10-29(11-4-1)30-20-24-34(25-21-30)47(39-15-9-17-41-43(39)36-14-7-8-16-40(36)48-41)35-26-22-31-18-19-32-23-27-38-44(42(32)37(31)28-35)49-45(46-38)33-12-5-2-6-13-33;1-3-9-29(10-4-1)30-17-21-34(22-18-30)47(36-24-26-42-39(28-36)37-13-7-8-14-41(37)48-42)35-23-19-31-15-16-32-20-25-40-44(43(32)38(31)27-35)49-45(46-40)33-11-5-2-6-12-33;1-3-10-29(11-4-1)30-20-24-34(25-21-30)47(40-16-9-15-37-36-14-7-8-17-41(36)49-44(37)40)35-26-22-31-18-19-32-23-27-39-43(42(32)38(31)28-35)48-45(46-39)33-12-5-2-6-13-33/h3*1-28H. The molecule has 0 aliphatic rings. The first-order valence-corrected chi connectivity index (χ1v) is 50.2. The molecule has 690 valence electrons. The number of furan rings is 2. The van der Waals surface area contributed by atoms with Crippen LogP contribution < -0.4 is 14.7 Å². The van der Waals surface area contributed by atoms with Crippen molar-refractivity contribution in [2.45, 2.75) is 0 Å². The number of benzene rings is 24. The lowest BCUT2D eigenvalue weighted by atomic mass is 9.99. The van der Waals surface area contributed by atoms with E-state index in [0.717, 1.165) is 210 Å².